The summed E-state index contributed by atoms with van der Waals surface area (Å²) in [5.74, 6) is 0.476. The molecule has 0 saturated carbocycles. The number of imidazole rings is 1. The van der Waals surface area contributed by atoms with Crippen LogP contribution < -0.4 is 0 Å². The second kappa shape index (κ2) is 2.62. The Morgan fingerprint density at radius 2 is 2.31 bits per heavy atom. The maximum Gasteiger partial charge on any atom is 0.168 e. The number of benzene rings is 1. The minimum Gasteiger partial charge on any atom is -0.426 e. The van der Waals surface area contributed by atoms with Gasteiger partial charge in [0.05, 0.1) is 5.52 Å². The molecule has 0 aliphatic rings. The number of fused-ring (bicyclic) bond motifs is 1. The Morgan fingerprint density at radius 3 is 2.92 bits per heavy atom. The van der Waals surface area contributed by atoms with Gasteiger partial charge in [-0.3, -0.25) is 0 Å². The zero-order valence-electron chi connectivity index (χ0n) is 7.36. The SMILES string of the molecule is C=Cc1nc2c(C)cccc2n1O. The molecule has 1 aromatic carbocycles. The van der Waals surface area contributed by atoms with Crippen molar-refractivity contribution in [1.82, 2.24) is 9.71 Å². The number of hydrogen-bond acceptors (Lipinski definition) is 2. The molecule has 0 radical (unpaired) electrons. The van der Waals surface area contributed by atoms with E-state index in [1.807, 2.05) is 25.1 Å². The van der Waals surface area contributed by atoms with Gasteiger partial charge in [0.2, 0.25) is 0 Å². The number of aryl methyl sites for hydroxylation is 1. The average Bonchev–Trinajstić information content (AvgIpc) is 2.45. The first kappa shape index (κ1) is 7.86. The monoisotopic (exact) mass is 174 g/mol. The van der Waals surface area contributed by atoms with E-state index in [0.29, 0.717) is 5.82 Å². The Labute approximate surface area is 75.9 Å². The van der Waals surface area contributed by atoms with Crippen molar-refractivity contribution in [1.29, 1.82) is 0 Å². The summed E-state index contributed by atoms with van der Waals surface area (Å²) in [6.45, 7) is 5.53. The molecular formula is C10H10N2O. The van der Waals surface area contributed by atoms with Gasteiger partial charge in [0, 0.05) is 0 Å². The van der Waals surface area contributed by atoms with E-state index in [1.165, 1.54) is 6.08 Å². The fourth-order valence-electron chi connectivity index (χ4n) is 1.38. The zero-order valence-corrected chi connectivity index (χ0v) is 7.36. The zero-order chi connectivity index (χ0) is 9.42. The van der Waals surface area contributed by atoms with Gasteiger partial charge in [0.1, 0.15) is 5.52 Å². The van der Waals surface area contributed by atoms with Gasteiger partial charge in [-0.25, -0.2) is 4.98 Å². The van der Waals surface area contributed by atoms with Gasteiger partial charge in [-0.15, -0.1) is 0 Å². The van der Waals surface area contributed by atoms with Gasteiger partial charge < -0.3 is 5.21 Å². The Balaban J connectivity index is 2.91. The lowest BCUT2D eigenvalue weighted by atomic mass is 10.2. The van der Waals surface area contributed by atoms with E-state index >= 15 is 0 Å². The Morgan fingerprint density at radius 1 is 1.54 bits per heavy atom. The lowest BCUT2D eigenvalue weighted by Crippen LogP contribution is -1.91. The number of aromatic nitrogens is 2. The van der Waals surface area contributed by atoms with Gasteiger partial charge in [0.15, 0.2) is 5.82 Å². The molecule has 0 saturated heterocycles. The van der Waals surface area contributed by atoms with Crippen molar-refractivity contribution in [2.75, 3.05) is 0 Å². The Hall–Kier alpha value is -1.77. The van der Waals surface area contributed by atoms with Crippen LogP contribution in [0.4, 0.5) is 0 Å². The van der Waals surface area contributed by atoms with Crippen molar-refractivity contribution in [3.63, 3.8) is 0 Å². The van der Waals surface area contributed by atoms with Crippen LogP contribution >= 0.6 is 0 Å². The van der Waals surface area contributed by atoms with Crippen LogP contribution in [-0.2, 0) is 0 Å². The highest BCUT2D eigenvalue weighted by atomic mass is 16.5. The van der Waals surface area contributed by atoms with Gasteiger partial charge in [-0.2, -0.15) is 4.73 Å². The molecule has 0 atom stereocenters. The van der Waals surface area contributed by atoms with Crippen LogP contribution in [0.2, 0.25) is 0 Å². The quantitative estimate of drug-likeness (QED) is 0.673. The predicted octanol–water partition coefficient (Wildman–Crippen LogP) is 2.23. The van der Waals surface area contributed by atoms with Crippen molar-refractivity contribution in [3.8, 4) is 0 Å². The lowest BCUT2D eigenvalue weighted by Gasteiger charge is -1.95. The molecule has 0 bridgehead atoms. The number of hydrogen-bond donors (Lipinski definition) is 1. The smallest absolute Gasteiger partial charge is 0.168 e. The minimum absolute atomic E-state index is 0.476. The molecule has 2 rings (SSSR count). The first-order valence-corrected chi connectivity index (χ1v) is 4.04. The minimum atomic E-state index is 0.476. The molecule has 0 aliphatic heterocycles. The molecule has 1 N–H and O–H groups in total. The summed E-state index contributed by atoms with van der Waals surface area (Å²) in [6.07, 6.45) is 1.53. The highest BCUT2D eigenvalue weighted by Crippen LogP contribution is 2.18. The normalized spacial score (nSPS) is 10.5. The number of nitrogens with zero attached hydrogens (tertiary/aromatic N) is 2. The highest BCUT2D eigenvalue weighted by Gasteiger charge is 2.07. The van der Waals surface area contributed by atoms with Crippen molar-refractivity contribution in [2.45, 2.75) is 6.92 Å². The number of para-hydroxylation sites is 1. The molecule has 0 fully saturated rings. The maximum atomic E-state index is 9.60. The molecule has 0 amide bonds. The second-order valence-corrected chi connectivity index (χ2v) is 2.93. The van der Waals surface area contributed by atoms with E-state index in [1.54, 1.807) is 0 Å². The molecule has 13 heavy (non-hydrogen) atoms. The third-order valence-corrected chi connectivity index (χ3v) is 2.07. The average molecular weight is 174 g/mol. The van der Waals surface area contributed by atoms with Crippen molar-refractivity contribution in [3.05, 3.63) is 36.2 Å². The molecule has 3 nitrogen and oxygen atoms in total. The van der Waals surface area contributed by atoms with Crippen LogP contribution in [0.1, 0.15) is 11.4 Å². The largest absolute Gasteiger partial charge is 0.426 e. The van der Waals surface area contributed by atoms with Gasteiger partial charge in [-0.1, -0.05) is 18.7 Å². The molecule has 1 heterocycles. The van der Waals surface area contributed by atoms with E-state index in [4.69, 9.17) is 0 Å². The molecule has 0 spiro atoms. The standard InChI is InChI=1S/C10H10N2O/c1-3-9-11-10-7(2)5-4-6-8(10)12(9)13/h3-6,13H,1H2,2H3. The maximum absolute atomic E-state index is 9.60. The summed E-state index contributed by atoms with van der Waals surface area (Å²) in [5.41, 5.74) is 2.59. The molecule has 0 unspecified atom stereocenters. The summed E-state index contributed by atoms with van der Waals surface area (Å²) in [7, 11) is 0. The van der Waals surface area contributed by atoms with Crippen molar-refractivity contribution in [2.24, 2.45) is 0 Å². The second-order valence-electron chi connectivity index (χ2n) is 2.93. The summed E-state index contributed by atoms with van der Waals surface area (Å²) in [4.78, 5) is 4.23. The van der Waals surface area contributed by atoms with E-state index in [0.717, 1.165) is 21.3 Å². The van der Waals surface area contributed by atoms with Gasteiger partial charge in [-0.05, 0) is 24.6 Å². The Kier molecular flexibility index (Phi) is 1.59. The first-order chi connectivity index (χ1) is 6.24. The molecule has 2 aromatic rings. The molecule has 0 aliphatic carbocycles. The summed E-state index contributed by atoms with van der Waals surface area (Å²) in [5, 5.41) is 9.60. The lowest BCUT2D eigenvalue weighted by molar-refractivity contribution is 0.196. The van der Waals surface area contributed by atoms with Crippen LogP contribution in [0.15, 0.2) is 24.8 Å². The van der Waals surface area contributed by atoms with Crippen LogP contribution in [0.25, 0.3) is 17.1 Å². The van der Waals surface area contributed by atoms with Crippen LogP contribution in [-0.4, -0.2) is 14.9 Å². The van der Waals surface area contributed by atoms with Crippen LogP contribution in [0.3, 0.4) is 0 Å². The van der Waals surface area contributed by atoms with Gasteiger partial charge >= 0.3 is 0 Å². The molecular weight excluding hydrogens is 164 g/mol. The van der Waals surface area contributed by atoms with Crippen LogP contribution in [0, 0.1) is 6.92 Å². The van der Waals surface area contributed by atoms with E-state index in [9.17, 15) is 5.21 Å². The number of rotatable bonds is 1. The highest BCUT2D eigenvalue weighted by molar-refractivity contribution is 5.80. The third-order valence-electron chi connectivity index (χ3n) is 2.07. The summed E-state index contributed by atoms with van der Waals surface area (Å²) in [6, 6.07) is 5.67. The first-order valence-electron chi connectivity index (χ1n) is 4.04. The fourth-order valence-corrected chi connectivity index (χ4v) is 1.38. The Bertz CT molecular complexity index is 471. The van der Waals surface area contributed by atoms with E-state index < -0.39 is 0 Å². The van der Waals surface area contributed by atoms with E-state index in [-0.39, 0.29) is 0 Å². The third kappa shape index (κ3) is 1.01. The fraction of sp³-hybridized carbons (Fsp3) is 0.100. The van der Waals surface area contributed by atoms with E-state index in [2.05, 4.69) is 11.6 Å². The van der Waals surface area contributed by atoms with Crippen molar-refractivity contribution >= 4 is 17.1 Å². The molecule has 66 valence electrons. The van der Waals surface area contributed by atoms with Crippen LogP contribution in [0.5, 0.6) is 0 Å². The summed E-state index contributed by atoms with van der Waals surface area (Å²) < 4.78 is 1.05. The predicted molar refractivity (Wildman–Crippen MR) is 51.7 cm³/mol. The molecule has 1 aromatic heterocycles. The molecule has 3 heteroatoms. The topological polar surface area (TPSA) is 38.0 Å². The summed E-state index contributed by atoms with van der Waals surface area (Å²) >= 11 is 0. The van der Waals surface area contributed by atoms with Gasteiger partial charge in [0.25, 0.3) is 0 Å². The van der Waals surface area contributed by atoms with Crippen molar-refractivity contribution < 1.29 is 5.21 Å².